The van der Waals surface area contributed by atoms with Gasteiger partial charge in [-0.15, -0.1) is 0 Å². The Kier molecular flexibility index (Phi) is 7.20. The van der Waals surface area contributed by atoms with Gasteiger partial charge in [-0.25, -0.2) is 0 Å². The van der Waals surface area contributed by atoms with Crippen LogP contribution in [0.1, 0.15) is 0 Å². The van der Waals surface area contributed by atoms with E-state index in [1.54, 1.807) is 0 Å². The summed E-state index contributed by atoms with van der Waals surface area (Å²) in [4.78, 5) is 0. The summed E-state index contributed by atoms with van der Waals surface area (Å²) in [6, 6.07) is 85.7. The first-order chi connectivity index (χ1) is 35.1. The van der Waals surface area contributed by atoms with Crippen LogP contribution in [0.4, 0.5) is 0 Å². The van der Waals surface area contributed by atoms with Gasteiger partial charge in [-0.05, 0) is 151 Å². The molecular weight excluding hydrogens is 861 g/mol. The van der Waals surface area contributed by atoms with Crippen LogP contribution in [0.3, 0.4) is 0 Å². The highest BCUT2D eigenvalue weighted by Gasteiger charge is 2.22. The van der Waals surface area contributed by atoms with E-state index in [9.17, 15) is 0 Å². The van der Waals surface area contributed by atoms with E-state index in [2.05, 4.69) is 233 Å². The quantitative estimate of drug-likeness (QED) is 0.172. The van der Waals surface area contributed by atoms with Gasteiger partial charge in [-0.1, -0.05) is 146 Å². The minimum absolute atomic E-state index is 0.913. The van der Waals surface area contributed by atoms with Crippen LogP contribution in [-0.2, 0) is 0 Å². The van der Waals surface area contributed by atoms with Gasteiger partial charge in [-0.3, -0.25) is 0 Å². The third kappa shape index (κ3) is 5.16. The average molecular weight is 899 g/mol. The Labute approximate surface area is 405 Å². The molecule has 0 saturated heterocycles. The van der Waals surface area contributed by atoms with Gasteiger partial charge in [0.05, 0.1) is 33.1 Å². The molecule has 5 heterocycles. The molecule has 326 valence electrons. The summed E-state index contributed by atoms with van der Waals surface area (Å²) >= 11 is 0. The van der Waals surface area contributed by atoms with Gasteiger partial charge in [0.15, 0.2) is 0 Å². The van der Waals surface area contributed by atoms with E-state index in [0.717, 1.165) is 21.9 Å². The lowest BCUT2D eigenvalue weighted by Crippen LogP contribution is -1.84. The number of hydrogen-bond donors (Lipinski definition) is 0. The van der Waals surface area contributed by atoms with Gasteiger partial charge in [0.25, 0.3) is 0 Å². The van der Waals surface area contributed by atoms with Crippen LogP contribution in [0.2, 0.25) is 0 Å². The molecule has 71 heavy (non-hydrogen) atoms. The third-order valence-corrected chi connectivity index (χ3v) is 15.9. The number of nitrogens with zero attached hydrogens (tertiary/aromatic N) is 2. The normalized spacial score (nSPS) is 12.5. The minimum atomic E-state index is 0.913. The van der Waals surface area contributed by atoms with E-state index in [4.69, 9.17) is 4.42 Å². The first kappa shape index (κ1) is 37.5. The Morgan fingerprint density at radius 2 is 0.648 bits per heavy atom. The third-order valence-electron chi connectivity index (χ3n) is 15.9. The van der Waals surface area contributed by atoms with Crippen LogP contribution < -0.4 is 0 Å². The smallest absolute Gasteiger partial charge is 0.135 e. The summed E-state index contributed by atoms with van der Waals surface area (Å²) in [7, 11) is 0. The van der Waals surface area contributed by atoms with Gasteiger partial charge in [-0.2, -0.15) is 0 Å². The van der Waals surface area contributed by atoms with Crippen LogP contribution in [0, 0.1) is 0 Å². The molecule has 0 aliphatic rings. The van der Waals surface area contributed by atoms with Gasteiger partial charge in [0.1, 0.15) is 11.2 Å². The second kappa shape index (κ2) is 13.6. The van der Waals surface area contributed by atoms with Crippen molar-refractivity contribution >= 4 is 120 Å². The lowest BCUT2D eigenvalue weighted by Gasteiger charge is -2.08. The average Bonchev–Trinajstić information content (AvgIpc) is 4.23. The highest BCUT2D eigenvalue weighted by molar-refractivity contribution is 6.27. The van der Waals surface area contributed by atoms with Crippen LogP contribution in [0.5, 0.6) is 0 Å². The van der Waals surface area contributed by atoms with Crippen molar-refractivity contribution in [3.05, 3.63) is 231 Å². The molecule has 0 unspecified atom stereocenters. The molecule has 0 radical (unpaired) electrons. The number of para-hydroxylation sites is 2. The summed E-state index contributed by atoms with van der Waals surface area (Å²) in [5.74, 6) is 0. The molecule has 17 aromatic rings. The van der Waals surface area contributed by atoms with E-state index in [1.807, 2.05) is 6.07 Å². The van der Waals surface area contributed by atoms with Crippen molar-refractivity contribution in [3.8, 4) is 44.5 Å². The van der Waals surface area contributed by atoms with Gasteiger partial charge in [0, 0.05) is 53.9 Å². The summed E-state index contributed by atoms with van der Waals surface area (Å²) < 4.78 is 11.3. The second-order valence-corrected chi connectivity index (χ2v) is 19.7. The number of fused-ring (bicyclic) bond motifs is 17. The van der Waals surface area contributed by atoms with Crippen LogP contribution in [0.25, 0.3) is 164 Å². The number of rotatable bonds is 4. The molecule has 3 heteroatoms. The Morgan fingerprint density at radius 1 is 0.211 bits per heavy atom. The zero-order chi connectivity index (χ0) is 46.1. The molecule has 17 rings (SSSR count). The molecule has 0 bridgehead atoms. The lowest BCUT2D eigenvalue weighted by atomic mass is 9.95. The predicted octanol–water partition coefficient (Wildman–Crippen LogP) is 18.9. The molecule has 0 aliphatic carbocycles. The fourth-order valence-electron chi connectivity index (χ4n) is 12.6. The Balaban J connectivity index is 0.848. The maximum atomic E-state index is 6.23. The van der Waals surface area contributed by atoms with E-state index in [0.29, 0.717) is 0 Å². The fraction of sp³-hybridized carbons (Fsp3) is 0. The molecule has 0 fully saturated rings. The van der Waals surface area contributed by atoms with E-state index >= 15 is 0 Å². The lowest BCUT2D eigenvalue weighted by molar-refractivity contribution is 0.669. The molecule has 0 atom stereocenters. The highest BCUT2D eigenvalue weighted by atomic mass is 16.3. The second-order valence-electron chi connectivity index (χ2n) is 19.7. The molecule has 3 nitrogen and oxygen atoms in total. The van der Waals surface area contributed by atoms with Crippen LogP contribution in [-0.4, -0.2) is 8.80 Å². The van der Waals surface area contributed by atoms with E-state index in [-0.39, 0.29) is 0 Å². The van der Waals surface area contributed by atoms with Crippen molar-refractivity contribution in [2.75, 3.05) is 0 Å². The van der Waals surface area contributed by atoms with Gasteiger partial charge in [0.2, 0.25) is 0 Å². The van der Waals surface area contributed by atoms with Crippen molar-refractivity contribution in [1.29, 1.82) is 0 Å². The largest absolute Gasteiger partial charge is 0.456 e. The Hall–Kier alpha value is -9.44. The van der Waals surface area contributed by atoms with E-state index in [1.165, 1.54) is 142 Å². The van der Waals surface area contributed by atoms with Crippen molar-refractivity contribution in [2.24, 2.45) is 0 Å². The van der Waals surface area contributed by atoms with Gasteiger partial charge >= 0.3 is 0 Å². The number of aromatic nitrogens is 2. The number of hydrogen-bond acceptors (Lipinski definition) is 1. The molecule has 0 N–H and O–H groups in total. The van der Waals surface area contributed by atoms with Crippen LogP contribution in [0.15, 0.2) is 235 Å². The van der Waals surface area contributed by atoms with Crippen molar-refractivity contribution in [2.45, 2.75) is 0 Å². The molecule has 0 spiro atoms. The first-order valence-electron chi connectivity index (χ1n) is 24.5. The van der Waals surface area contributed by atoms with Crippen LogP contribution >= 0.6 is 0 Å². The zero-order valence-electron chi connectivity index (χ0n) is 38.2. The molecule has 12 aromatic carbocycles. The first-order valence-corrected chi connectivity index (χ1v) is 24.5. The molecular formula is C68H38N2O. The topological polar surface area (TPSA) is 22.0 Å². The SMILES string of the molecule is c1ccc(-c2ccc(-c3ccc4c(c3)c3cccc5c6cc7ccc(-c8cc9c%10cc(-c%11ccc%12oc%13ccccc%13c%12c%11)ccc%10n%10c%11cc%12ccccc%12cc%11c(c8)c9%10)cc7cc6n4c35)cc2)cc1. The van der Waals surface area contributed by atoms with Crippen molar-refractivity contribution in [1.82, 2.24) is 8.80 Å². The Morgan fingerprint density at radius 3 is 1.38 bits per heavy atom. The zero-order valence-corrected chi connectivity index (χ0v) is 38.2. The summed E-state index contributed by atoms with van der Waals surface area (Å²) in [5.41, 5.74) is 19.0. The number of furan rings is 1. The fourth-order valence-corrected chi connectivity index (χ4v) is 12.6. The molecule has 0 amide bonds. The predicted molar refractivity (Wildman–Crippen MR) is 300 cm³/mol. The summed E-state index contributed by atoms with van der Waals surface area (Å²) in [6.07, 6.45) is 0. The highest BCUT2D eigenvalue weighted by Crippen LogP contribution is 2.46. The van der Waals surface area contributed by atoms with E-state index < -0.39 is 0 Å². The molecule has 0 saturated carbocycles. The van der Waals surface area contributed by atoms with Crippen molar-refractivity contribution < 1.29 is 4.42 Å². The number of benzene rings is 12. The molecule has 5 aromatic heterocycles. The summed E-state index contributed by atoms with van der Waals surface area (Å²) in [6.45, 7) is 0. The minimum Gasteiger partial charge on any atom is -0.456 e. The maximum Gasteiger partial charge on any atom is 0.135 e. The monoisotopic (exact) mass is 898 g/mol. The van der Waals surface area contributed by atoms with Gasteiger partial charge < -0.3 is 13.2 Å². The summed E-state index contributed by atoms with van der Waals surface area (Å²) in [5, 5.41) is 17.5. The Bertz CT molecular complexity index is 5090. The van der Waals surface area contributed by atoms with Crippen molar-refractivity contribution in [3.63, 3.8) is 0 Å². The standard InChI is InChI=1S/C68H38N2O/c1-2-9-39(10-3-1)40-17-19-41(20-18-40)45-23-26-61-54(31-45)52-14-8-15-53-55-33-48-22-21-44(29-49(48)38-64(55)69(61)67(52)53)50-35-59-56-32-46(47-25-28-66-58(34-47)51-13-6-7-16-65(51)71-66)24-27-62(56)70-63-37-43-12-5-4-11-42(43)30-57(63)60(36-50)68(59)70/h1-38H. The maximum absolute atomic E-state index is 6.23. The molecule has 0 aliphatic heterocycles.